The van der Waals surface area contributed by atoms with E-state index < -0.39 is 13.6 Å². The molecule has 1 aliphatic heterocycles. The number of Topliss-reactive ketones (excluding diaryl/α,β-unsaturated/α-hetero) is 1. The highest BCUT2D eigenvalue weighted by Gasteiger charge is 2.47. The van der Waals surface area contributed by atoms with Gasteiger partial charge in [0, 0.05) is 31.4 Å². The molecule has 0 aromatic heterocycles. The summed E-state index contributed by atoms with van der Waals surface area (Å²) in [5, 5.41) is 0. The van der Waals surface area contributed by atoms with Crippen molar-refractivity contribution >= 4 is 25.5 Å². The lowest BCUT2D eigenvalue weighted by atomic mass is 9.81. The first-order valence-corrected chi connectivity index (χ1v) is 15.3. The molecule has 0 saturated carbocycles. The lowest BCUT2D eigenvalue weighted by Gasteiger charge is -2.48. The van der Waals surface area contributed by atoms with E-state index in [0.717, 1.165) is 37.8 Å². The summed E-state index contributed by atoms with van der Waals surface area (Å²) in [6, 6.07) is 22.0. The second-order valence-corrected chi connectivity index (χ2v) is 15.3. The van der Waals surface area contributed by atoms with Gasteiger partial charge in [0.05, 0.1) is 8.07 Å². The van der Waals surface area contributed by atoms with E-state index in [1.165, 1.54) is 5.56 Å². The van der Waals surface area contributed by atoms with E-state index in [1.54, 1.807) is 6.92 Å². The van der Waals surface area contributed by atoms with Gasteiger partial charge in [-0.2, -0.15) is 0 Å². The molecule has 1 saturated heterocycles. The molecule has 2 aromatic rings. The third-order valence-electron chi connectivity index (χ3n) is 7.18. The number of nitrogens with zero attached hydrogens (tertiary/aromatic N) is 2. The fraction of sp³-hybridized carbons (Fsp3) is 0.481. The Bertz CT molecular complexity index is 890. The number of para-hydroxylation sites is 1. The second-order valence-electron chi connectivity index (χ2n) is 9.92. The van der Waals surface area contributed by atoms with Crippen LogP contribution in [0.5, 0.6) is 0 Å². The van der Waals surface area contributed by atoms with Crippen molar-refractivity contribution < 1.29 is 9.59 Å². The van der Waals surface area contributed by atoms with Crippen LogP contribution in [0.4, 0.5) is 5.69 Å². The number of carbonyl (C=O) groups excluding carboxylic acids is 2. The van der Waals surface area contributed by atoms with Crippen LogP contribution >= 0.6 is 0 Å². The quantitative estimate of drug-likeness (QED) is 0.479. The van der Waals surface area contributed by atoms with Gasteiger partial charge in [0.15, 0.2) is 5.78 Å². The maximum Gasteiger partial charge on any atom is 0.225 e. The third kappa shape index (κ3) is 5.76. The zero-order valence-corrected chi connectivity index (χ0v) is 21.1. The fourth-order valence-corrected chi connectivity index (χ4v) is 5.86. The number of likely N-dealkylation sites (tertiary alicyclic amines) is 1. The minimum absolute atomic E-state index is 0.105. The number of anilines is 1. The first kappa shape index (κ1) is 24.4. The Labute approximate surface area is 194 Å². The summed E-state index contributed by atoms with van der Waals surface area (Å²) < 4.78 is 0. The van der Waals surface area contributed by atoms with Gasteiger partial charge in [-0.1, -0.05) is 74.6 Å². The zero-order chi connectivity index (χ0) is 23.2. The van der Waals surface area contributed by atoms with Crippen molar-refractivity contribution in [2.24, 2.45) is 0 Å². The molecule has 1 aliphatic rings. The molecule has 32 heavy (non-hydrogen) atoms. The van der Waals surface area contributed by atoms with E-state index >= 15 is 0 Å². The molecular weight excluding hydrogens is 412 g/mol. The molecule has 5 heteroatoms. The fourth-order valence-electron chi connectivity index (χ4n) is 4.63. The molecule has 0 N–H and O–H groups in total. The predicted octanol–water partition coefficient (Wildman–Crippen LogP) is 5.41. The summed E-state index contributed by atoms with van der Waals surface area (Å²) >= 11 is 0. The molecule has 0 spiro atoms. The minimum Gasteiger partial charge on any atom is -0.303 e. The first-order chi connectivity index (χ1) is 15.3. The lowest BCUT2D eigenvalue weighted by molar-refractivity contribution is -0.128. The lowest BCUT2D eigenvalue weighted by Crippen LogP contribution is -2.62. The SMILES string of the molecule is CC[Si](C)(C)CC(=O)N(c1ccccc1)C1(C(C)=O)CCN(CCc2ccccc2)CC1. The highest BCUT2D eigenvalue weighted by atomic mass is 28.3. The second kappa shape index (κ2) is 10.6. The Morgan fingerprint density at radius 1 is 0.969 bits per heavy atom. The summed E-state index contributed by atoms with van der Waals surface area (Å²) in [5.74, 6) is 0.219. The van der Waals surface area contributed by atoms with Crippen LogP contribution in [0.1, 0.15) is 32.3 Å². The van der Waals surface area contributed by atoms with E-state index in [4.69, 9.17) is 0 Å². The molecule has 0 aliphatic carbocycles. The van der Waals surface area contributed by atoms with Gasteiger partial charge in [-0.05, 0) is 43.9 Å². The van der Waals surface area contributed by atoms with Gasteiger partial charge in [0.1, 0.15) is 5.54 Å². The van der Waals surface area contributed by atoms with Gasteiger partial charge in [-0.25, -0.2) is 0 Å². The van der Waals surface area contributed by atoms with Crippen molar-refractivity contribution in [3.63, 3.8) is 0 Å². The summed E-state index contributed by atoms with van der Waals surface area (Å²) in [4.78, 5) is 31.2. The number of ketones is 1. The molecule has 172 valence electrons. The third-order valence-corrected chi connectivity index (χ3v) is 10.4. The van der Waals surface area contributed by atoms with Crippen LogP contribution in [0, 0.1) is 0 Å². The molecule has 0 bridgehead atoms. The van der Waals surface area contributed by atoms with Crippen LogP contribution in [0.25, 0.3) is 0 Å². The van der Waals surface area contributed by atoms with E-state index in [1.807, 2.05) is 41.3 Å². The molecule has 1 amide bonds. The highest BCUT2D eigenvalue weighted by molar-refractivity contribution is 6.80. The van der Waals surface area contributed by atoms with Crippen LogP contribution < -0.4 is 4.90 Å². The van der Waals surface area contributed by atoms with Gasteiger partial charge in [0.25, 0.3) is 0 Å². The summed E-state index contributed by atoms with van der Waals surface area (Å²) in [5.41, 5.74) is 1.44. The molecule has 4 nitrogen and oxygen atoms in total. The van der Waals surface area contributed by atoms with Crippen molar-refractivity contribution in [1.29, 1.82) is 0 Å². The van der Waals surface area contributed by atoms with Crippen molar-refractivity contribution in [3.05, 3.63) is 66.2 Å². The Hall–Kier alpha value is -2.24. The highest BCUT2D eigenvalue weighted by Crippen LogP contribution is 2.36. The molecule has 1 heterocycles. The van der Waals surface area contributed by atoms with E-state index in [2.05, 4.69) is 49.2 Å². The average Bonchev–Trinajstić information content (AvgIpc) is 2.79. The normalized spacial score (nSPS) is 16.5. The maximum atomic E-state index is 13.7. The van der Waals surface area contributed by atoms with Crippen molar-refractivity contribution in [2.45, 2.75) is 63.8 Å². The Balaban J connectivity index is 1.81. The number of hydrogen-bond acceptors (Lipinski definition) is 3. The summed E-state index contributed by atoms with van der Waals surface area (Å²) in [7, 11) is -1.64. The van der Waals surface area contributed by atoms with Crippen molar-refractivity contribution in [2.75, 3.05) is 24.5 Å². The summed E-state index contributed by atoms with van der Waals surface area (Å²) in [6.07, 6.45) is 2.38. The van der Waals surface area contributed by atoms with Crippen LogP contribution in [0.2, 0.25) is 25.2 Å². The largest absolute Gasteiger partial charge is 0.303 e. The number of carbonyl (C=O) groups is 2. The molecule has 0 radical (unpaired) electrons. The molecule has 0 atom stereocenters. The molecule has 0 unspecified atom stereocenters. The molecule has 1 fully saturated rings. The van der Waals surface area contributed by atoms with Crippen LogP contribution in [0.3, 0.4) is 0 Å². The van der Waals surface area contributed by atoms with E-state index in [0.29, 0.717) is 18.9 Å². The van der Waals surface area contributed by atoms with Gasteiger partial charge in [0.2, 0.25) is 5.91 Å². The molecule has 2 aromatic carbocycles. The van der Waals surface area contributed by atoms with Gasteiger partial charge in [-0.3, -0.25) is 14.5 Å². The maximum absolute atomic E-state index is 13.7. The summed E-state index contributed by atoms with van der Waals surface area (Å²) in [6.45, 7) is 11.0. The molecular formula is C27H38N2O2Si. The van der Waals surface area contributed by atoms with Crippen molar-refractivity contribution in [3.8, 4) is 0 Å². The Morgan fingerprint density at radius 3 is 2.06 bits per heavy atom. The predicted molar refractivity (Wildman–Crippen MR) is 136 cm³/mol. The average molecular weight is 451 g/mol. The molecule has 3 rings (SSSR count). The van der Waals surface area contributed by atoms with Crippen molar-refractivity contribution in [1.82, 2.24) is 4.90 Å². The number of benzene rings is 2. The number of hydrogen-bond donors (Lipinski definition) is 0. The van der Waals surface area contributed by atoms with E-state index in [-0.39, 0.29) is 11.7 Å². The van der Waals surface area contributed by atoms with Crippen LogP contribution in [-0.2, 0) is 16.0 Å². The standard InChI is InChI=1S/C27H38N2O2Si/c1-5-32(3,4)22-26(31)29(25-14-10-7-11-15-25)27(23(2)30)17-20-28(21-18-27)19-16-24-12-8-6-9-13-24/h6-15H,5,16-22H2,1-4H3. The van der Waals surface area contributed by atoms with Gasteiger partial charge >= 0.3 is 0 Å². The Kier molecular flexibility index (Phi) is 8.07. The van der Waals surface area contributed by atoms with Crippen LogP contribution in [-0.4, -0.2) is 49.8 Å². The monoisotopic (exact) mass is 450 g/mol. The topological polar surface area (TPSA) is 40.6 Å². The van der Waals surface area contributed by atoms with Crippen LogP contribution in [0.15, 0.2) is 60.7 Å². The zero-order valence-electron chi connectivity index (χ0n) is 20.1. The minimum atomic E-state index is -1.64. The van der Waals surface area contributed by atoms with Gasteiger partial charge < -0.3 is 4.90 Å². The number of rotatable bonds is 9. The smallest absolute Gasteiger partial charge is 0.225 e. The Morgan fingerprint density at radius 2 is 1.53 bits per heavy atom. The van der Waals surface area contributed by atoms with E-state index in [9.17, 15) is 9.59 Å². The first-order valence-electron chi connectivity index (χ1n) is 11.9. The number of amides is 1. The van der Waals surface area contributed by atoms with Gasteiger partial charge in [-0.15, -0.1) is 0 Å². The number of piperidine rings is 1.